The predicted molar refractivity (Wildman–Crippen MR) is 98.8 cm³/mol. The zero-order valence-electron chi connectivity index (χ0n) is 14.4. The zero-order chi connectivity index (χ0) is 18.2. The molecule has 0 spiro atoms. The van der Waals surface area contributed by atoms with E-state index >= 15 is 0 Å². The fourth-order valence-electron chi connectivity index (χ4n) is 2.65. The van der Waals surface area contributed by atoms with Crippen LogP contribution in [0.2, 0.25) is 0 Å². The summed E-state index contributed by atoms with van der Waals surface area (Å²) in [6, 6.07) is 18.5. The van der Waals surface area contributed by atoms with Crippen LogP contribution in [0.5, 0.6) is 0 Å². The van der Waals surface area contributed by atoms with Crippen molar-refractivity contribution in [1.82, 2.24) is 10.3 Å². The van der Waals surface area contributed by atoms with E-state index in [9.17, 15) is 9.59 Å². The Hall–Kier alpha value is -3.15. The lowest BCUT2D eigenvalue weighted by molar-refractivity contribution is 0.0939. The molecule has 3 rings (SSSR count). The van der Waals surface area contributed by atoms with E-state index in [1.807, 2.05) is 48.5 Å². The Morgan fingerprint density at radius 3 is 2.23 bits per heavy atom. The number of nitrogens with one attached hydrogen (secondary N) is 1. The van der Waals surface area contributed by atoms with E-state index in [2.05, 4.69) is 10.5 Å². The molecule has 6 heteroatoms. The molecule has 2 aromatic carbocycles. The highest BCUT2D eigenvalue weighted by molar-refractivity contribution is 5.95. The Morgan fingerprint density at radius 1 is 0.962 bits per heavy atom. The Labute approximate surface area is 152 Å². The maximum absolute atomic E-state index is 12.1. The summed E-state index contributed by atoms with van der Waals surface area (Å²) in [7, 11) is 0. The molecule has 1 aliphatic heterocycles. The molecule has 0 aromatic heterocycles. The van der Waals surface area contributed by atoms with Gasteiger partial charge < -0.3 is 9.64 Å². The molecule has 1 N–H and O–H groups in total. The van der Waals surface area contributed by atoms with Crippen LogP contribution in [0.3, 0.4) is 0 Å². The lowest BCUT2D eigenvalue weighted by atomic mass is 10.1. The lowest BCUT2D eigenvalue weighted by Crippen LogP contribution is -2.39. The third-order valence-electron chi connectivity index (χ3n) is 4.16. The first-order chi connectivity index (χ1) is 12.7. The van der Waals surface area contributed by atoms with Gasteiger partial charge >= 0.3 is 6.09 Å². The maximum Gasteiger partial charge on any atom is 0.410 e. The minimum atomic E-state index is -0.318. The number of hydrazone groups is 1. The van der Waals surface area contributed by atoms with Crippen LogP contribution in [-0.2, 0) is 11.3 Å². The molecule has 2 amide bonds. The van der Waals surface area contributed by atoms with Crippen molar-refractivity contribution < 1.29 is 14.3 Å². The van der Waals surface area contributed by atoms with E-state index in [4.69, 9.17) is 4.74 Å². The number of benzene rings is 2. The summed E-state index contributed by atoms with van der Waals surface area (Å²) in [6.07, 6.45) is 0.923. The average Bonchev–Trinajstić information content (AvgIpc) is 2.72. The van der Waals surface area contributed by atoms with Crippen LogP contribution in [0, 0.1) is 0 Å². The molecule has 6 nitrogen and oxygen atoms in total. The number of carbonyl (C=O) groups is 2. The topological polar surface area (TPSA) is 71.0 Å². The average molecular weight is 351 g/mol. The summed E-state index contributed by atoms with van der Waals surface area (Å²) >= 11 is 0. The molecular formula is C20H21N3O3. The van der Waals surface area contributed by atoms with Gasteiger partial charge in [0.25, 0.3) is 5.91 Å². The molecule has 0 radical (unpaired) electrons. The number of hydrogen-bond acceptors (Lipinski definition) is 4. The van der Waals surface area contributed by atoms with Crippen molar-refractivity contribution in [2.24, 2.45) is 5.10 Å². The van der Waals surface area contributed by atoms with Gasteiger partial charge in [-0.2, -0.15) is 5.10 Å². The molecule has 1 heterocycles. The molecule has 134 valence electrons. The molecule has 0 atom stereocenters. The fourth-order valence-corrected chi connectivity index (χ4v) is 2.65. The SMILES string of the molecule is O=C(NN=C1CCN(C(=O)OCc2ccccc2)CC1)c1ccccc1. The lowest BCUT2D eigenvalue weighted by Gasteiger charge is -2.26. The van der Waals surface area contributed by atoms with Crippen molar-refractivity contribution in [1.29, 1.82) is 0 Å². The normalized spacial score (nSPS) is 13.8. The second-order valence-electron chi connectivity index (χ2n) is 6.01. The molecule has 0 saturated carbocycles. The van der Waals surface area contributed by atoms with Crippen LogP contribution >= 0.6 is 0 Å². The number of carbonyl (C=O) groups excluding carboxylic acids is 2. The Bertz CT molecular complexity index is 765. The fraction of sp³-hybridized carbons (Fsp3) is 0.250. The van der Waals surface area contributed by atoms with Gasteiger partial charge in [0.15, 0.2) is 0 Å². The van der Waals surface area contributed by atoms with Crippen LogP contribution < -0.4 is 5.43 Å². The Morgan fingerprint density at radius 2 is 1.58 bits per heavy atom. The second-order valence-corrected chi connectivity index (χ2v) is 6.01. The van der Waals surface area contributed by atoms with Gasteiger partial charge in [-0.05, 0) is 17.7 Å². The van der Waals surface area contributed by atoms with Crippen molar-refractivity contribution in [3.05, 3.63) is 71.8 Å². The van der Waals surface area contributed by atoms with E-state index in [0.29, 0.717) is 31.5 Å². The van der Waals surface area contributed by atoms with E-state index in [1.165, 1.54) is 0 Å². The quantitative estimate of drug-likeness (QED) is 0.860. The van der Waals surface area contributed by atoms with Crippen LogP contribution in [0.4, 0.5) is 4.79 Å². The summed E-state index contributed by atoms with van der Waals surface area (Å²) in [5.74, 6) is -0.234. The number of likely N-dealkylation sites (tertiary alicyclic amines) is 1. The second kappa shape index (κ2) is 8.80. The molecule has 1 fully saturated rings. The van der Waals surface area contributed by atoms with Crippen LogP contribution in [0.25, 0.3) is 0 Å². The van der Waals surface area contributed by atoms with Gasteiger partial charge in [-0.15, -0.1) is 0 Å². The van der Waals surface area contributed by atoms with Gasteiger partial charge in [-0.25, -0.2) is 10.2 Å². The highest BCUT2D eigenvalue weighted by Crippen LogP contribution is 2.10. The van der Waals surface area contributed by atoms with Crippen molar-refractivity contribution in [2.75, 3.05) is 13.1 Å². The first-order valence-electron chi connectivity index (χ1n) is 8.59. The van der Waals surface area contributed by atoms with Gasteiger partial charge in [-0.1, -0.05) is 48.5 Å². The van der Waals surface area contributed by atoms with Gasteiger partial charge in [0, 0.05) is 37.2 Å². The predicted octanol–water partition coefficient (Wildman–Crippen LogP) is 3.21. The molecule has 0 aliphatic carbocycles. The summed E-state index contributed by atoms with van der Waals surface area (Å²) in [5, 5.41) is 4.19. The van der Waals surface area contributed by atoms with E-state index < -0.39 is 0 Å². The largest absolute Gasteiger partial charge is 0.445 e. The number of nitrogens with zero attached hydrogens (tertiary/aromatic N) is 2. The number of rotatable bonds is 4. The zero-order valence-corrected chi connectivity index (χ0v) is 14.4. The maximum atomic E-state index is 12.1. The smallest absolute Gasteiger partial charge is 0.410 e. The standard InChI is InChI=1S/C20H21N3O3/c24-19(17-9-5-2-6-10-17)22-21-18-11-13-23(14-12-18)20(25)26-15-16-7-3-1-4-8-16/h1-10H,11-15H2,(H,22,24). The molecule has 1 aliphatic rings. The van der Waals surface area contributed by atoms with Crippen LogP contribution in [0.1, 0.15) is 28.8 Å². The first-order valence-corrected chi connectivity index (χ1v) is 8.59. The van der Waals surface area contributed by atoms with Gasteiger partial charge in [0.2, 0.25) is 0 Å². The van der Waals surface area contributed by atoms with Crippen molar-refractivity contribution in [3.8, 4) is 0 Å². The third-order valence-corrected chi connectivity index (χ3v) is 4.16. The van der Waals surface area contributed by atoms with Gasteiger partial charge in [0.1, 0.15) is 6.61 Å². The minimum absolute atomic E-state index is 0.234. The first kappa shape index (κ1) is 17.7. The van der Waals surface area contributed by atoms with Crippen molar-refractivity contribution in [3.63, 3.8) is 0 Å². The molecule has 26 heavy (non-hydrogen) atoms. The summed E-state index contributed by atoms with van der Waals surface area (Å²) in [6.45, 7) is 1.34. The van der Waals surface area contributed by atoms with Gasteiger partial charge in [0.05, 0.1) is 0 Å². The van der Waals surface area contributed by atoms with E-state index in [-0.39, 0.29) is 18.6 Å². The minimum Gasteiger partial charge on any atom is -0.445 e. The number of ether oxygens (including phenoxy) is 1. The van der Waals surface area contributed by atoms with Crippen molar-refractivity contribution in [2.45, 2.75) is 19.4 Å². The monoisotopic (exact) mass is 351 g/mol. The summed E-state index contributed by atoms with van der Waals surface area (Å²) in [4.78, 5) is 25.8. The molecule has 0 unspecified atom stereocenters. The number of amides is 2. The molecule has 2 aromatic rings. The molecule has 0 bridgehead atoms. The van der Waals surface area contributed by atoms with E-state index in [1.54, 1.807) is 17.0 Å². The summed E-state index contributed by atoms with van der Waals surface area (Å²) in [5.41, 5.74) is 4.98. The molecular weight excluding hydrogens is 330 g/mol. The number of piperidine rings is 1. The Kier molecular flexibility index (Phi) is 5.98. The number of hydrogen-bond donors (Lipinski definition) is 1. The van der Waals surface area contributed by atoms with Crippen LogP contribution in [-0.4, -0.2) is 35.7 Å². The highest BCUT2D eigenvalue weighted by Gasteiger charge is 2.21. The van der Waals surface area contributed by atoms with E-state index in [0.717, 1.165) is 11.3 Å². The highest BCUT2D eigenvalue weighted by atomic mass is 16.6. The van der Waals surface area contributed by atoms with Crippen LogP contribution in [0.15, 0.2) is 65.8 Å². The van der Waals surface area contributed by atoms with Crippen molar-refractivity contribution >= 4 is 17.7 Å². The van der Waals surface area contributed by atoms with Gasteiger partial charge in [-0.3, -0.25) is 4.79 Å². The third kappa shape index (κ3) is 4.92. The summed E-state index contributed by atoms with van der Waals surface area (Å²) < 4.78 is 5.34. The molecule has 1 saturated heterocycles. The Balaban J connectivity index is 1.43.